The maximum Gasteiger partial charge on any atom is 0.0638 e. The van der Waals surface area contributed by atoms with E-state index in [1.54, 1.807) is 0 Å². The molecule has 2 rings (SSSR count). The van der Waals surface area contributed by atoms with Gasteiger partial charge in [0.1, 0.15) is 0 Å². The van der Waals surface area contributed by atoms with E-state index >= 15 is 0 Å². The van der Waals surface area contributed by atoms with Crippen molar-refractivity contribution in [2.75, 3.05) is 0 Å². The minimum Gasteiger partial charge on any atom is -0.392 e. The summed E-state index contributed by atoms with van der Waals surface area (Å²) < 4.78 is 0. The molecule has 0 aliphatic heterocycles. The third-order valence-corrected chi connectivity index (χ3v) is 4.59. The van der Waals surface area contributed by atoms with E-state index in [1.807, 2.05) is 6.08 Å². The molecule has 12 heavy (non-hydrogen) atoms. The Morgan fingerprint density at radius 3 is 2.42 bits per heavy atom. The van der Waals surface area contributed by atoms with Crippen LogP contribution in [0.25, 0.3) is 0 Å². The zero-order valence-corrected chi connectivity index (χ0v) is 8.01. The van der Waals surface area contributed by atoms with Crippen LogP contribution in [-0.4, -0.2) is 11.2 Å². The monoisotopic (exact) mass is 166 g/mol. The lowest BCUT2D eigenvalue weighted by Gasteiger charge is -2.37. The van der Waals surface area contributed by atoms with Gasteiger partial charge in [0.2, 0.25) is 0 Å². The molecule has 0 spiro atoms. The fourth-order valence-electron chi connectivity index (χ4n) is 3.47. The fraction of sp³-hybridized carbons (Fsp3) is 0.818. The van der Waals surface area contributed by atoms with Crippen LogP contribution in [0.1, 0.15) is 33.1 Å². The van der Waals surface area contributed by atoms with Crippen LogP contribution in [0.4, 0.5) is 0 Å². The van der Waals surface area contributed by atoms with Crippen LogP contribution in [0.15, 0.2) is 12.7 Å². The summed E-state index contributed by atoms with van der Waals surface area (Å²) in [6.07, 6.45) is 5.26. The molecule has 2 aliphatic rings. The predicted octanol–water partition coefficient (Wildman–Crippen LogP) is 2.36. The first-order valence-corrected chi connectivity index (χ1v) is 4.86. The van der Waals surface area contributed by atoms with Gasteiger partial charge >= 0.3 is 0 Å². The lowest BCUT2D eigenvalue weighted by Crippen LogP contribution is -2.36. The van der Waals surface area contributed by atoms with Gasteiger partial charge in [0.15, 0.2) is 0 Å². The van der Waals surface area contributed by atoms with Crippen molar-refractivity contribution in [2.45, 2.75) is 39.2 Å². The quantitative estimate of drug-likeness (QED) is 0.593. The number of rotatable bonds is 1. The summed E-state index contributed by atoms with van der Waals surface area (Å²) in [7, 11) is 0. The molecule has 2 fully saturated rings. The molecule has 0 radical (unpaired) electrons. The summed E-state index contributed by atoms with van der Waals surface area (Å²) in [5.74, 6) is 0.713. The SMILES string of the molecule is C=C[C@]12CC[C@H](C[C@H]1O)C2(C)C. The number of hydrogen-bond acceptors (Lipinski definition) is 1. The maximum absolute atomic E-state index is 9.93. The van der Waals surface area contributed by atoms with Crippen LogP contribution < -0.4 is 0 Å². The average Bonchev–Trinajstić information content (AvgIpc) is 2.36. The van der Waals surface area contributed by atoms with Crippen LogP contribution in [0.5, 0.6) is 0 Å². The second-order valence-electron chi connectivity index (χ2n) is 4.95. The molecule has 0 aromatic heterocycles. The molecule has 2 saturated carbocycles. The highest BCUT2D eigenvalue weighted by molar-refractivity contribution is 5.19. The zero-order valence-electron chi connectivity index (χ0n) is 8.01. The molecule has 0 amide bonds. The smallest absolute Gasteiger partial charge is 0.0638 e. The molecule has 2 aliphatic carbocycles. The Morgan fingerprint density at radius 2 is 2.17 bits per heavy atom. The summed E-state index contributed by atoms with van der Waals surface area (Å²) >= 11 is 0. The van der Waals surface area contributed by atoms with E-state index in [2.05, 4.69) is 20.4 Å². The van der Waals surface area contributed by atoms with Crippen LogP contribution in [0.3, 0.4) is 0 Å². The highest BCUT2D eigenvalue weighted by Crippen LogP contribution is 2.66. The Hall–Kier alpha value is -0.300. The van der Waals surface area contributed by atoms with Crippen molar-refractivity contribution in [1.29, 1.82) is 0 Å². The van der Waals surface area contributed by atoms with Crippen molar-refractivity contribution >= 4 is 0 Å². The van der Waals surface area contributed by atoms with Gasteiger partial charge in [-0.3, -0.25) is 0 Å². The van der Waals surface area contributed by atoms with Crippen molar-refractivity contribution in [3.05, 3.63) is 12.7 Å². The molecular formula is C11H18O. The van der Waals surface area contributed by atoms with E-state index in [0.29, 0.717) is 5.92 Å². The summed E-state index contributed by atoms with van der Waals surface area (Å²) in [5, 5.41) is 9.93. The maximum atomic E-state index is 9.93. The van der Waals surface area contributed by atoms with Crippen molar-refractivity contribution in [1.82, 2.24) is 0 Å². The number of aliphatic hydroxyl groups excluding tert-OH is 1. The molecular weight excluding hydrogens is 148 g/mol. The highest BCUT2D eigenvalue weighted by atomic mass is 16.3. The van der Waals surface area contributed by atoms with Crippen molar-refractivity contribution in [3.63, 3.8) is 0 Å². The minimum atomic E-state index is -0.135. The molecule has 68 valence electrons. The molecule has 1 nitrogen and oxygen atoms in total. The minimum absolute atomic E-state index is 0.0255. The lowest BCUT2D eigenvalue weighted by atomic mass is 9.68. The summed E-state index contributed by atoms with van der Waals surface area (Å²) in [5.41, 5.74) is 0.297. The van der Waals surface area contributed by atoms with Crippen molar-refractivity contribution < 1.29 is 5.11 Å². The Labute approximate surface area is 74.5 Å². The summed E-state index contributed by atoms with van der Waals surface area (Å²) in [6, 6.07) is 0. The second kappa shape index (κ2) is 2.14. The summed E-state index contributed by atoms with van der Waals surface area (Å²) in [4.78, 5) is 0. The number of fused-ring (bicyclic) bond motifs is 2. The van der Waals surface area contributed by atoms with Gasteiger partial charge in [-0.05, 0) is 30.6 Å². The summed E-state index contributed by atoms with van der Waals surface area (Å²) in [6.45, 7) is 8.46. The lowest BCUT2D eigenvalue weighted by molar-refractivity contribution is 0.0371. The molecule has 0 saturated heterocycles. The van der Waals surface area contributed by atoms with Crippen LogP contribution >= 0.6 is 0 Å². The van der Waals surface area contributed by atoms with Gasteiger partial charge in [0.25, 0.3) is 0 Å². The number of aliphatic hydroxyl groups is 1. The molecule has 0 aromatic rings. The van der Waals surface area contributed by atoms with Crippen molar-refractivity contribution in [2.24, 2.45) is 16.7 Å². The Balaban J connectivity index is 2.45. The van der Waals surface area contributed by atoms with Crippen LogP contribution in [0, 0.1) is 16.7 Å². The first-order chi connectivity index (χ1) is 5.54. The predicted molar refractivity (Wildman–Crippen MR) is 49.8 cm³/mol. The normalized spacial score (nSPS) is 49.6. The van der Waals surface area contributed by atoms with Gasteiger partial charge in [-0.1, -0.05) is 19.9 Å². The van der Waals surface area contributed by atoms with Gasteiger partial charge in [0.05, 0.1) is 6.10 Å². The average molecular weight is 166 g/mol. The van der Waals surface area contributed by atoms with Gasteiger partial charge in [-0.25, -0.2) is 0 Å². The molecule has 1 N–H and O–H groups in total. The molecule has 3 atom stereocenters. The second-order valence-corrected chi connectivity index (χ2v) is 4.95. The van der Waals surface area contributed by atoms with Gasteiger partial charge in [-0.15, -0.1) is 6.58 Å². The molecule has 0 aromatic carbocycles. The third-order valence-electron chi connectivity index (χ3n) is 4.59. The van der Waals surface area contributed by atoms with Crippen molar-refractivity contribution in [3.8, 4) is 0 Å². The van der Waals surface area contributed by atoms with Gasteiger partial charge < -0.3 is 5.11 Å². The topological polar surface area (TPSA) is 20.2 Å². The van der Waals surface area contributed by atoms with Crippen LogP contribution in [-0.2, 0) is 0 Å². The molecule has 1 heteroatoms. The molecule has 0 unspecified atom stereocenters. The van der Waals surface area contributed by atoms with Crippen LogP contribution in [0.2, 0.25) is 0 Å². The molecule has 0 heterocycles. The zero-order chi connectivity index (χ0) is 8.98. The fourth-order valence-corrected chi connectivity index (χ4v) is 3.47. The van der Waals surface area contributed by atoms with Gasteiger partial charge in [0, 0.05) is 5.41 Å². The third kappa shape index (κ3) is 0.646. The van der Waals surface area contributed by atoms with E-state index in [1.165, 1.54) is 6.42 Å². The van der Waals surface area contributed by atoms with Gasteiger partial charge in [-0.2, -0.15) is 0 Å². The Kier molecular flexibility index (Phi) is 1.48. The van der Waals surface area contributed by atoms with E-state index < -0.39 is 0 Å². The van der Waals surface area contributed by atoms with E-state index in [9.17, 15) is 5.11 Å². The van der Waals surface area contributed by atoms with E-state index in [4.69, 9.17) is 0 Å². The van der Waals surface area contributed by atoms with E-state index in [-0.39, 0.29) is 16.9 Å². The van der Waals surface area contributed by atoms with E-state index in [0.717, 1.165) is 12.8 Å². The highest BCUT2D eigenvalue weighted by Gasteiger charge is 2.62. The number of hydrogen-bond donors (Lipinski definition) is 1. The molecule has 2 bridgehead atoms. The Morgan fingerprint density at radius 1 is 1.50 bits per heavy atom. The first kappa shape index (κ1) is 8.31. The first-order valence-electron chi connectivity index (χ1n) is 4.86. The Bertz CT molecular complexity index is 219. The standard InChI is InChI=1S/C11H18O/c1-4-11-6-5-8(7-9(11)12)10(11,2)3/h4,8-9,12H,1,5-7H2,2-3H3/t8-,9-,11+/m1/s1. The largest absolute Gasteiger partial charge is 0.392 e.